The van der Waals surface area contributed by atoms with Crippen molar-refractivity contribution in [3.63, 3.8) is 0 Å². The molecule has 7 nitrogen and oxygen atoms in total. The third-order valence-electron chi connectivity index (χ3n) is 9.44. The highest BCUT2D eigenvalue weighted by Crippen LogP contribution is 2.63. The maximum atomic E-state index is 13.0. The normalized spacial score (nSPS) is 23.6. The molecule has 1 aliphatic carbocycles. The number of fused-ring (bicyclic) bond motifs is 3. The molecule has 3 aliphatic rings. The summed E-state index contributed by atoms with van der Waals surface area (Å²) in [6.07, 6.45) is 5.54. The highest BCUT2D eigenvalue weighted by molar-refractivity contribution is 7.19. The number of carbonyl (C=O) groups is 2. The van der Waals surface area contributed by atoms with Crippen molar-refractivity contribution in [3.8, 4) is 17.2 Å². The van der Waals surface area contributed by atoms with E-state index >= 15 is 0 Å². The van der Waals surface area contributed by atoms with Crippen LogP contribution in [0.3, 0.4) is 0 Å². The molecule has 3 fully saturated rings. The van der Waals surface area contributed by atoms with Gasteiger partial charge in [0.15, 0.2) is 0 Å². The first-order valence-electron chi connectivity index (χ1n) is 13.7. The first kappa shape index (κ1) is 25.7. The molecule has 204 valence electrons. The van der Waals surface area contributed by atoms with E-state index < -0.39 is 5.41 Å². The van der Waals surface area contributed by atoms with Gasteiger partial charge in [-0.1, -0.05) is 25.4 Å². The third kappa shape index (κ3) is 3.82. The Bertz CT molecular complexity index is 1730. The fourth-order valence-electron chi connectivity index (χ4n) is 6.92. The van der Waals surface area contributed by atoms with Crippen LogP contribution < -0.4 is 0 Å². The number of likely N-dealkylation sites (tertiary alicyclic amines) is 2. The van der Waals surface area contributed by atoms with Crippen LogP contribution in [0.25, 0.3) is 32.2 Å². The molecule has 1 aromatic carbocycles. The number of amides is 2. The molecule has 2 saturated heterocycles. The summed E-state index contributed by atoms with van der Waals surface area (Å²) in [5.41, 5.74) is 3.24. The number of hydrogen-bond acceptors (Lipinski definition) is 6. The summed E-state index contributed by atoms with van der Waals surface area (Å²) in [7, 11) is 2.11. The zero-order valence-electron chi connectivity index (χ0n) is 22.8. The van der Waals surface area contributed by atoms with Gasteiger partial charge in [0.2, 0.25) is 11.8 Å². The standard InChI is InChI=1S/C31H30ClN5O2S/c1-30(2)24-25(30)29(39)37(28(24)38)15-20-14-23-27(40-20)21(4-8-34-23)22-13-19(32)12-18-5-9-36(26(18)22)17-31(16-33)6-10-35(3)11-7-31/h4-5,8-9,12-14,24-25H,6-7,10-11,15,17H2,1-3H3. The fraction of sp³-hybridized carbons (Fsp3) is 0.419. The SMILES string of the molecule is CN1CCC(C#N)(Cn2ccc3cc(Cl)cc(-c4ccnc5cc(CN6C(=O)C7C(C6=O)C7(C)C)sc45)c32)CC1. The molecule has 0 bridgehead atoms. The zero-order valence-corrected chi connectivity index (χ0v) is 24.3. The number of pyridine rings is 1. The van der Waals surface area contributed by atoms with Crippen LogP contribution in [0.5, 0.6) is 0 Å². The van der Waals surface area contributed by atoms with Crippen LogP contribution in [-0.2, 0) is 22.7 Å². The van der Waals surface area contributed by atoms with Crippen LogP contribution >= 0.6 is 22.9 Å². The smallest absolute Gasteiger partial charge is 0.234 e. The van der Waals surface area contributed by atoms with Crippen molar-refractivity contribution in [2.45, 2.75) is 39.8 Å². The lowest BCUT2D eigenvalue weighted by molar-refractivity contribution is -0.143. The molecule has 5 heterocycles. The molecule has 9 heteroatoms. The van der Waals surface area contributed by atoms with Gasteiger partial charge in [-0.15, -0.1) is 11.3 Å². The van der Waals surface area contributed by atoms with Crippen LogP contribution in [0.15, 0.2) is 42.7 Å². The van der Waals surface area contributed by atoms with Crippen molar-refractivity contribution < 1.29 is 9.59 Å². The van der Waals surface area contributed by atoms with Crippen molar-refractivity contribution in [1.29, 1.82) is 5.26 Å². The summed E-state index contributed by atoms with van der Waals surface area (Å²) in [6, 6.07) is 12.7. The first-order chi connectivity index (χ1) is 19.1. The second-order valence-electron chi connectivity index (χ2n) is 12.4. The predicted molar refractivity (Wildman–Crippen MR) is 157 cm³/mol. The molecular weight excluding hydrogens is 542 g/mol. The van der Waals surface area contributed by atoms with E-state index in [0.717, 1.165) is 63.1 Å². The van der Waals surface area contributed by atoms with E-state index in [0.29, 0.717) is 11.6 Å². The minimum atomic E-state index is -0.414. The lowest BCUT2D eigenvalue weighted by Gasteiger charge is -2.36. The summed E-state index contributed by atoms with van der Waals surface area (Å²) in [5, 5.41) is 11.9. The van der Waals surface area contributed by atoms with Gasteiger partial charge in [-0.05, 0) is 68.7 Å². The van der Waals surface area contributed by atoms with Crippen molar-refractivity contribution in [2.24, 2.45) is 22.7 Å². The highest BCUT2D eigenvalue weighted by Gasteiger charge is 2.72. The Morgan fingerprint density at radius 1 is 1.10 bits per heavy atom. The quantitative estimate of drug-likeness (QED) is 0.277. The molecular formula is C31H30ClN5O2S. The number of aromatic nitrogens is 2. The molecule has 0 N–H and O–H groups in total. The Morgan fingerprint density at radius 2 is 1.82 bits per heavy atom. The van der Waals surface area contributed by atoms with Gasteiger partial charge in [0.25, 0.3) is 0 Å². The minimum Gasteiger partial charge on any atom is -0.345 e. The summed E-state index contributed by atoms with van der Waals surface area (Å²) in [6.45, 7) is 6.72. The minimum absolute atomic E-state index is 0.0552. The van der Waals surface area contributed by atoms with Gasteiger partial charge in [0, 0.05) is 45.4 Å². The maximum Gasteiger partial charge on any atom is 0.234 e. The molecule has 4 aromatic rings. The third-order valence-corrected chi connectivity index (χ3v) is 10.8. The molecule has 2 aliphatic heterocycles. The maximum absolute atomic E-state index is 13.0. The number of benzene rings is 1. The summed E-state index contributed by atoms with van der Waals surface area (Å²) >= 11 is 8.20. The topological polar surface area (TPSA) is 82.2 Å². The number of piperidine rings is 2. The molecule has 2 atom stereocenters. The lowest BCUT2D eigenvalue weighted by Crippen LogP contribution is -2.39. The Labute approximate surface area is 241 Å². The van der Waals surface area contributed by atoms with Gasteiger partial charge in [0.1, 0.15) is 0 Å². The Morgan fingerprint density at radius 3 is 2.52 bits per heavy atom. The van der Waals surface area contributed by atoms with Gasteiger partial charge in [-0.3, -0.25) is 19.5 Å². The molecule has 3 aromatic heterocycles. The van der Waals surface area contributed by atoms with Gasteiger partial charge in [0.05, 0.1) is 45.6 Å². The van der Waals surface area contributed by atoms with Crippen LogP contribution in [0.1, 0.15) is 31.6 Å². The van der Waals surface area contributed by atoms with E-state index in [-0.39, 0.29) is 35.6 Å². The molecule has 2 unspecified atom stereocenters. The highest BCUT2D eigenvalue weighted by atomic mass is 35.5. The van der Waals surface area contributed by atoms with Crippen molar-refractivity contribution in [1.82, 2.24) is 19.4 Å². The van der Waals surface area contributed by atoms with Crippen molar-refractivity contribution in [3.05, 3.63) is 52.6 Å². The molecule has 7 rings (SSSR count). The van der Waals surface area contributed by atoms with Gasteiger partial charge in [-0.2, -0.15) is 5.26 Å². The van der Waals surface area contributed by atoms with E-state index in [1.54, 1.807) is 17.5 Å². The first-order valence-corrected chi connectivity index (χ1v) is 14.9. The molecule has 0 spiro atoms. The predicted octanol–water partition coefficient (Wildman–Crippen LogP) is 5.95. The Hall–Kier alpha value is -3.25. The van der Waals surface area contributed by atoms with Crippen LogP contribution in [-0.4, -0.2) is 51.3 Å². The van der Waals surface area contributed by atoms with E-state index in [1.165, 1.54) is 4.90 Å². The molecule has 2 amide bonds. The number of halogens is 1. The largest absolute Gasteiger partial charge is 0.345 e. The van der Waals surface area contributed by atoms with Gasteiger partial charge >= 0.3 is 0 Å². The molecule has 40 heavy (non-hydrogen) atoms. The van der Waals surface area contributed by atoms with Crippen molar-refractivity contribution >= 4 is 55.9 Å². The lowest BCUT2D eigenvalue weighted by atomic mass is 9.79. The van der Waals surface area contributed by atoms with Crippen LogP contribution in [0.2, 0.25) is 5.02 Å². The number of rotatable bonds is 5. The average molecular weight is 572 g/mol. The number of thiophene rings is 1. The second-order valence-corrected chi connectivity index (χ2v) is 13.9. The number of nitriles is 1. The van der Waals surface area contributed by atoms with Gasteiger partial charge < -0.3 is 9.47 Å². The number of nitrogens with zero attached hydrogens (tertiary/aromatic N) is 5. The summed E-state index contributed by atoms with van der Waals surface area (Å²) < 4.78 is 3.21. The Balaban J connectivity index is 1.27. The van der Waals surface area contributed by atoms with Gasteiger partial charge in [-0.25, -0.2) is 0 Å². The van der Waals surface area contributed by atoms with Crippen LogP contribution in [0, 0.1) is 34.0 Å². The van der Waals surface area contributed by atoms with E-state index in [1.807, 2.05) is 38.1 Å². The van der Waals surface area contributed by atoms with E-state index in [9.17, 15) is 14.9 Å². The number of hydrogen-bond donors (Lipinski definition) is 0. The molecule has 0 radical (unpaired) electrons. The summed E-state index contributed by atoms with van der Waals surface area (Å²) in [5.74, 6) is -0.477. The number of imide groups is 1. The van der Waals surface area contributed by atoms with E-state index in [2.05, 4.69) is 39.8 Å². The van der Waals surface area contributed by atoms with Crippen LogP contribution in [0.4, 0.5) is 0 Å². The number of carbonyl (C=O) groups excluding carboxylic acids is 2. The molecule has 1 saturated carbocycles. The monoisotopic (exact) mass is 571 g/mol. The summed E-state index contributed by atoms with van der Waals surface area (Å²) in [4.78, 5) is 35.2. The second kappa shape index (κ2) is 8.87. The van der Waals surface area contributed by atoms with Crippen molar-refractivity contribution in [2.75, 3.05) is 20.1 Å². The Kier molecular flexibility index (Phi) is 5.70. The van der Waals surface area contributed by atoms with E-state index in [4.69, 9.17) is 11.6 Å². The zero-order chi connectivity index (χ0) is 28.0. The fourth-order valence-corrected chi connectivity index (χ4v) is 8.28. The average Bonchev–Trinajstić information content (AvgIpc) is 3.27.